The first-order valence-electron chi connectivity index (χ1n) is 7.75. The zero-order valence-electron chi connectivity index (χ0n) is 12.8. The maximum Gasteiger partial charge on any atom is 0.356 e. The molecule has 4 rings (SSSR count). The monoisotopic (exact) mass is 386 g/mol. The molecule has 2 aromatic heterocycles. The summed E-state index contributed by atoms with van der Waals surface area (Å²) in [4.78, 5) is 11.8. The van der Waals surface area contributed by atoms with E-state index < -0.39 is 5.97 Å². The SMILES string of the molecule is O=C(O)c1nn(-c2cccc(Br)c2)c2c1C(n1cccn1)CCC2. The second-order valence-corrected chi connectivity index (χ2v) is 6.72. The lowest BCUT2D eigenvalue weighted by Gasteiger charge is -2.24. The molecule has 1 aromatic carbocycles. The van der Waals surface area contributed by atoms with Crippen LogP contribution >= 0.6 is 15.9 Å². The highest BCUT2D eigenvalue weighted by atomic mass is 79.9. The molecule has 3 aromatic rings. The van der Waals surface area contributed by atoms with Crippen LogP contribution in [-0.4, -0.2) is 30.6 Å². The van der Waals surface area contributed by atoms with Gasteiger partial charge in [-0.2, -0.15) is 10.2 Å². The van der Waals surface area contributed by atoms with Crippen molar-refractivity contribution >= 4 is 21.9 Å². The zero-order valence-corrected chi connectivity index (χ0v) is 14.3. The number of carboxylic acid groups (broad SMARTS) is 1. The largest absolute Gasteiger partial charge is 0.476 e. The van der Waals surface area contributed by atoms with E-state index in [-0.39, 0.29) is 11.7 Å². The molecule has 0 spiro atoms. The Balaban J connectivity index is 1.93. The molecule has 0 aliphatic heterocycles. The first-order chi connectivity index (χ1) is 11.6. The number of aromatic nitrogens is 4. The predicted octanol–water partition coefficient (Wildman–Crippen LogP) is 3.46. The first-order valence-corrected chi connectivity index (χ1v) is 8.54. The molecule has 1 N–H and O–H groups in total. The standard InChI is InChI=1S/C17H15BrN4O2/c18-11-4-1-5-12(10-11)22-14-7-2-6-13(21-9-3-8-19-21)15(14)16(20-22)17(23)24/h1,3-5,8-10,13H,2,6-7H2,(H,23,24). The fraction of sp³-hybridized carbons (Fsp3) is 0.235. The molecule has 1 unspecified atom stereocenters. The highest BCUT2D eigenvalue weighted by Crippen LogP contribution is 2.36. The third-order valence-electron chi connectivity index (χ3n) is 4.35. The van der Waals surface area contributed by atoms with Crippen molar-refractivity contribution in [3.8, 4) is 5.69 Å². The van der Waals surface area contributed by atoms with Crippen LogP contribution in [0.3, 0.4) is 0 Å². The average molecular weight is 387 g/mol. The number of carbonyl (C=O) groups is 1. The molecule has 0 bridgehead atoms. The quantitative estimate of drug-likeness (QED) is 0.747. The Hall–Kier alpha value is -2.41. The molecule has 0 saturated carbocycles. The Kier molecular flexibility index (Phi) is 3.72. The molecule has 1 atom stereocenters. The number of fused-ring (bicyclic) bond motifs is 1. The normalized spacial score (nSPS) is 16.8. The number of halogens is 1. The number of rotatable bonds is 3. The van der Waals surface area contributed by atoms with Gasteiger partial charge in [0.1, 0.15) is 0 Å². The number of benzene rings is 1. The smallest absolute Gasteiger partial charge is 0.356 e. The van der Waals surface area contributed by atoms with Crippen LogP contribution in [0.4, 0.5) is 0 Å². The summed E-state index contributed by atoms with van der Waals surface area (Å²) in [6.07, 6.45) is 6.23. The van der Waals surface area contributed by atoms with Crippen molar-refractivity contribution in [3.63, 3.8) is 0 Å². The zero-order chi connectivity index (χ0) is 16.7. The van der Waals surface area contributed by atoms with E-state index in [1.807, 2.05) is 41.2 Å². The first kappa shape index (κ1) is 15.1. The van der Waals surface area contributed by atoms with Crippen LogP contribution in [-0.2, 0) is 6.42 Å². The van der Waals surface area contributed by atoms with Crippen LogP contribution in [0.15, 0.2) is 47.2 Å². The number of hydrogen-bond acceptors (Lipinski definition) is 3. The average Bonchev–Trinajstić information content (AvgIpc) is 3.22. The maximum atomic E-state index is 11.8. The van der Waals surface area contributed by atoms with Gasteiger partial charge >= 0.3 is 5.97 Å². The molecule has 0 saturated heterocycles. The predicted molar refractivity (Wildman–Crippen MR) is 91.5 cm³/mol. The van der Waals surface area contributed by atoms with Crippen molar-refractivity contribution in [1.29, 1.82) is 0 Å². The molecule has 122 valence electrons. The van der Waals surface area contributed by atoms with Gasteiger partial charge in [0.05, 0.1) is 17.4 Å². The number of carboxylic acids is 1. The van der Waals surface area contributed by atoms with Gasteiger partial charge in [0.2, 0.25) is 0 Å². The summed E-state index contributed by atoms with van der Waals surface area (Å²) in [5.41, 5.74) is 2.70. The van der Waals surface area contributed by atoms with E-state index in [0.29, 0.717) is 0 Å². The van der Waals surface area contributed by atoms with Gasteiger partial charge in [-0.15, -0.1) is 0 Å². The highest BCUT2D eigenvalue weighted by Gasteiger charge is 2.33. The lowest BCUT2D eigenvalue weighted by molar-refractivity contribution is 0.0687. The molecule has 1 aliphatic rings. The van der Waals surface area contributed by atoms with E-state index in [1.165, 1.54) is 0 Å². The second-order valence-electron chi connectivity index (χ2n) is 5.80. The summed E-state index contributed by atoms with van der Waals surface area (Å²) in [6.45, 7) is 0. The molecular formula is C17H15BrN4O2. The Labute approximate surface area is 146 Å². The van der Waals surface area contributed by atoms with Gasteiger partial charge in [0.25, 0.3) is 0 Å². The van der Waals surface area contributed by atoms with Gasteiger partial charge in [-0.3, -0.25) is 4.68 Å². The molecule has 1 aliphatic carbocycles. The van der Waals surface area contributed by atoms with E-state index in [1.54, 1.807) is 10.9 Å². The number of hydrogen-bond donors (Lipinski definition) is 1. The van der Waals surface area contributed by atoms with Crippen molar-refractivity contribution < 1.29 is 9.90 Å². The van der Waals surface area contributed by atoms with Crippen LogP contribution < -0.4 is 0 Å². The summed E-state index contributed by atoms with van der Waals surface area (Å²) < 4.78 is 4.52. The Morgan fingerprint density at radius 3 is 2.92 bits per heavy atom. The summed E-state index contributed by atoms with van der Waals surface area (Å²) in [5.74, 6) is -1.00. The van der Waals surface area contributed by atoms with Crippen molar-refractivity contribution in [2.24, 2.45) is 0 Å². The Bertz CT molecular complexity index is 901. The lowest BCUT2D eigenvalue weighted by Crippen LogP contribution is -2.20. The fourth-order valence-electron chi connectivity index (χ4n) is 3.37. The van der Waals surface area contributed by atoms with Gasteiger partial charge in [-0.05, 0) is 43.5 Å². The van der Waals surface area contributed by atoms with Crippen molar-refractivity contribution in [3.05, 3.63) is 64.1 Å². The molecule has 0 fully saturated rings. The van der Waals surface area contributed by atoms with Crippen molar-refractivity contribution in [2.45, 2.75) is 25.3 Å². The van der Waals surface area contributed by atoms with E-state index >= 15 is 0 Å². The van der Waals surface area contributed by atoms with Crippen molar-refractivity contribution in [1.82, 2.24) is 19.6 Å². The van der Waals surface area contributed by atoms with Gasteiger partial charge in [-0.1, -0.05) is 22.0 Å². The lowest BCUT2D eigenvalue weighted by atomic mass is 9.90. The van der Waals surface area contributed by atoms with Crippen LogP contribution in [0, 0.1) is 0 Å². The Morgan fingerprint density at radius 2 is 2.21 bits per heavy atom. The van der Waals surface area contributed by atoms with Crippen molar-refractivity contribution in [2.75, 3.05) is 0 Å². The van der Waals surface area contributed by atoms with E-state index in [4.69, 9.17) is 0 Å². The van der Waals surface area contributed by atoms with E-state index in [0.717, 1.165) is 40.7 Å². The minimum absolute atomic E-state index is 0.0873. The summed E-state index contributed by atoms with van der Waals surface area (Å²) >= 11 is 3.46. The minimum atomic E-state index is -1.00. The van der Waals surface area contributed by atoms with Gasteiger partial charge < -0.3 is 5.11 Å². The maximum absolute atomic E-state index is 11.8. The molecule has 24 heavy (non-hydrogen) atoms. The number of aromatic carboxylic acids is 1. The van der Waals surface area contributed by atoms with Gasteiger partial charge in [0, 0.05) is 22.4 Å². The molecule has 2 heterocycles. The topological polar surface area (TPSA) is 72.9 Å². The van der Waals surface area contributed by atoms with Crippen LogP contribution in [0.25, 0.3) is 5.69 Å². The summed E-state index contributed by atoms with van der Waals surface area (Å²) in [5, 5.41) is 18.4. The summed E-state index contributed by atoms with van der Waals surface area (Å²) in [7, 11) is 0. The minimum Gasteiger partial charge on any atom is -0.476 e. The van der Waals surface area contributed by atoms with Crippen LogP contribution in [0.1, 0.15) is 40.6 Å². The highest BCUT2D eigenvalue weighted by molar-refractivity contribution is 9.10. The van der Waals surface area contributed by atoms with Gasteiger partial charge in [0.15, 0.2) is 5.69 Å². The second kappa shape index (κ2) is 5.90. The molecule has 7 heteroatoms. The third kappa shape index (κ3) is 2.45. The third-order valence-corrected chi connectivity index (χ3v) is 4.84. The molecule has 0 amide bonds. The Morgan fingerprint density at radius 1 is 1.33 bits per heavy atom. The fourth-order valence-corrected chi connectivity index (χ4v) is 3.76. The van der Waals surface area contributed by atoms with Crippen LogP contribution in [0.5, 0.6) is 0 Å². The molecule has 6 nitrogen and oxygen atoms in total. The summed E-state index contributed by atoms with van der Waals surface area (Å²) in [6, 6.07) is 9.49. The van der Waals surface area contributed by atoms with Gasteiger partial charge in [-0.25, -0.2) is 9.48 Å². The molecule has 0 radical (unpaired) electrons. The van der Waals surface area contributed by atoms with Crippen LogP contribution in [0.2, 0.25) is 0 Å². The van der Waals surface area contributed by atoms with E-state index in [9.17, 15) is 9.90 Å². The molecular weight excluding hydrogens is 372 g/mol. The van der Waals surface area contributed by atoms with E-state index in [2.05, 4.69) is 26.1 Å². The number of nitrogens with zero attached hydrogens (tertiary/aromatic N) is 4.